The van der Waals surface area contributed by atoms with Gasteiger partial charge in [-0.1, -0.05) is 216 Å². The number of rotatable bonds is 43. The standard InChI is InChI=1S/C52H90O6/c1-4-7-10-13-16-19-21-23-25-26-28-29-31-33-36-39-42-45-51(54)57-48-49(47-56-50(53)44-41-38-35-18-15-12-9-6-3)58-52(55)46-43-40-37-34-32-30-27-24-22-20-17-14-11-8-5-2/h7,10,16,19,23,25,28-29,33,36,49H,4-6,8-9,11-15,17-18,20-22,24,26-27,30-32,34-35,37-48H2,1-3H3/b10-7-,19-16-,25-23-,29-28-,36-33-. The predicted octanol–water partition coefficient (Wildman–Crippen LogP) is 15.7. The van der Waals surface area contributed by atoms with Gasteiger partial charge >= 0.3 is 17.9 Å². The van der Waals surface area contributed by atoms with Gasteiger partial charge in [0.05, 0.1) is 0 Å². The van der Waals surface area contributed by atoms with Gasteiger partial charge in [0.15, 0.2) is 6.10 Å². The summed E-state index contributed by atoms with van der Waals surface area (Å²) < 4.78 is 16.7. The van der Waals surface area contributed by atoms with Gasteiger partial charge in [0.2, 0.25) is 0 Å². The molecule has 58 heavy (non-hydrogen) atoms. The molecule has 0 fully saturated rings. The van der Waals surface area contributed by atoms with Gasteiger partial charge in [-0.15, -0.1) is 0 Å². The molecular formula is C52H90O6. The first kappa shape index (κ1) is 55.1. The first-order valence-corrected chi connectivity index (χ1v) is 24.3. The first-order valence-electron chi connectivity index (χ1n) is 24.3. The van der Waals surface area contributed by atoms with Crippen LogP contribution in [0.1, 0.15) is 233 Å². The Morgan fingerprint density at radius 3 is 1.05 bits per heavy atom. The summed E-state index contributed by atoms with van der Waals surface area (Å²) in [5, 5.41) is 0. The molecule has 0 aromatic rings. The van der Waals surface area contributed by atoms with E-state index in [4.69, 9.17) is 14.2 Å². The molecule has 334 valence electrons. The van der Waals surface area contributed by atoms with E-state index in [0.29, 0.717) is 19.3 Å². The van der Waals surface area contributed by atoms with E-state index in [1.54, 1.807) is 0 Å². The van der Waals surface area contributed by atoms with Gasteiger partial charge in [0.1, 0.15) is 13.2 Å². The number of hydrogen-bond donors (Lipinski definition) is 0. The molecule has 0 saturated heterocycles. The fraction of sp³-hybridized carbons (Fsp3) is 0.750. The van der Waals surface area contributed by atoms with Gasteiger partial charge in [-0.05, 0) is 57.8 Å². The molecule has 0 rings (SSSR count). The second-order valence-electron chi connectivity index (χ2n) is 16.0. The highest BCUT2D eigenvalue weighted by molar-refractivity contribution is 5.71. The molecule has 0 N–H and O–H groups in total. The Labute approximate surface area is 358 Å². The van der Waals surface area contributed by atoms with Crippen molar-refractivity contribution in [2.24, 2.45) is 0 Å². The summed E-state index contributed by atoms with van der Waals surface area (Å²) in [6, 6.07) is 0. The lowest BCUT2D eigenvalue weighted by Crippen LogP contribution is -2.30. The van der Waals surface area contributed by atoms with Crippen molar-refractivity contribution in [1.29, 1.82) is 0 Å². The van der Waals surface area contributed by atoms with Crippen molar-refractivity contribution in [2.45, 2.75) is 239 Å². The average Bonchev–Trinajstić information content (AvgIpc) is 3.22. The Hall–Kier alpha value is -2.89. The van der Waals surface area contributed by atoms with Gasteiger partial charge in [0, 0.05) is 19.3 Å². The number of hydrogen-bond acceptors (Lipinski definition) is 6. The predicted molar refractivity (Wildman–Crippen MR) is 247 cm³/mol. The van der Waals surface area contributed by atoms with Crippen LogP contribution in [-0.4, -0.2) is 37.2 Å². The molecule has 0 bridgehead atoms. The second-order valence-corrected chi connectivity index (χ2v) is 16.0. The average molecular weight is 811 g/mol. The maximum atomic E-state index is 12.7. The lowest BCUT2D eigenvalue weighted by molar-refractivity contribution is -0.167. The highest BCUT2D eigenvalue weighted by atomic mass is 16.6. The van der Waals surface area contributed by atoms with Crippen LogP contribution in [0.3, 0.4) is 0 Å². The number of unbranched alkanes of at least 4 members (excludes halogenated alkanes) is 22. The van der Waals surface area contributed by atoms with E-state index < -0.39 is 6.10 Å². The Kier molecular flexibility index (Phi) is 44.5. The monoisotopic (exact) mass is 811 g/mol. The van der Waals surface area contributed by atoms with Crippen LogP contribution in [-0.2, 0) is 28.6 Å². The van der Waals surface area contributed by atoms with Crippen molar-refractivity contribution in [3.8, 4) is 0 Å². The zero-order valence-electron chi connectivity index (χ0n) is 38.0. The van der Waals surface area contributed by atoms with Crippen molar-refractivity contribution >= 4 is 17.9 Å². The first-order chi connectivity index (χ1) is 28.5. The van der Waals surface area contributed by atoms with Crippen LogP contribution in [0.5, 0.6) is 0 Å². The summed E-state index contributed by atoms with van der Waals surface area (Å²) in [4.78, 5) is 37.7. The van der Waals surface area contributed by atoms with E-state index in [9.17, 15) is 14.4 Å². The smallest absolute Gasteiger partial charge is 0.306 e. The van der Waals surface area contributed by atoms with Crippen LogP contribution in [0.2, 0.25) is 0 Å². The SMILES string of the molecule is CC/C=C\C/C=C\C/C=C\C/C=C\C/C=C\CCCC(=O)OCC(COC(=O)CCCCCCCCCC)OC(=O)CCCCCCCCCCCCCCCCC. The minimum atomic E-state index is -0.790. The van der Waals surface area contributed by atoms with Crippen LogP contribution in [0, 0.1) is 0 Å². The van der Waals surface area contributed by atoms with E-state index in [2.05, 4.69) is 81.5 Å². The summed E-state index contributed by atoms with van der Waals surface area (Å²) >= 11 is 0. The van der Waals surface area contributed by atoms with Crippen molar-refractivity contribution < 1.29 is 28.6 Å². The topological polar surface area (TPSA) is 78.9 Å². The molecule has 0 aromatic carbocycles. The molecule has 0 amide bonds. The van der Waals surface area contributed by atoms with Crippen molar-refractivity contribution in [3.63, 3.8) is 0 Å². The van der Waals surface area contributed by atoms with Gasteiger partial charge in [-0.3, -0.25) is 14.4 Å². The zero-order valence-corrected chi connectivity index (χ0v) is 38.0. The van der Waals surface area contributed by atoms with Crippen LogP contribution < -0.4 is 0 Å². The van der Waals surface area contributed by atoms with E-state index in [0.717, 1.165) is 77.0 Å². The molecule has 0 aliphatic carbocycles. The number of esters is 3. The molecule has 6 nitrogen and oxygen atoms in total. The maximum Gasteiger partial charge on any atom is 0.306 e. The van der Waals surface area contributed by atoms with Crippen LogP contribution in [0.4, 0.5) is 0 Å². The highest BCUT2D eigenvalue weighted by Crippen LogP contribution is 2.15. The molecule has 1 atom stereocenters. The molecule has 0 heterocycles. The van der Waals surface area contributed by atoms with Crippen molar-refractivity contribution in [1.82, 2.24) is 0 Å². The second kappa shape index (κ2) is 46.8. The van der Waals surface area contributed by atoms with E-state index >= 15 is 0 Å². The quantitative estimate of drug-likeness (QED) is 0.0264. The Morgan fingerprint density at radius 1 is 0.362 bits per heavy atom. The molecule has 6 heteroatoms. The molecule has 0 aliphatic rings. The number of allylic oxidation sites excluding steroid dienone is 10. The molecule has 0 aliphatic heterocycles. The minimum absolute atomic E-state index is 0.0895. The van der Waals surface area contributed by atoms with E-state index in [-0.39, 0.29) is 37.5 Å². The molecular weight excluding hydrogens is 721 g/mol. The highest BCUT2D eigenvalue weighted by Gasteiger charge is 2.19. The molecule has 0 aromatic heterocycles. The van der Waals surface area contributed by atoms with Crippen molar-refractivity contribution in [3.05, 3.63) is 60.8 Å². The third-order valence-corrected chi connectivity index (χ3v) is 10.3. The molecule has 1 unspecified atom stereocenters. The van der Waals surface area contributed by atoms with Gasteiger partial charge in [-0.2, -0.15) is 0 Å². The Morgan fingerprint density at radius 2 is 0.672 bits per heavy atom. The summed E-state index contributed by atoms with van der Waals surface area (Å²) in [5.74, 6) is -0.952. The fourth-order valence-corrected chi connectivity index (χ4v) is 6.65. The maximum absolute atomic E-state index is 12.7. The normalized spacial score (nSPS) is 12.5. The van der Waals surface area contributed by atoms with Gasteiger partial charge in [0.25, 0.3) is 0 Å². The third kappa shape index (κ3) is 44.2. The largest absolute Gasteiger partial charge is 0.462 e. The van der Waals surface area contributed by atoms with E-state index in [1.165, 1.54) is 109 Å². The third-order valence-electron chi connectivity index (χ3n) is 10.3. The van der Waals surface area contributed by atoms with Crippen LogP contribution >= 0.6 is 0 Å². The van der Waals surface area contributed by atoms with Gasteiger partial charge in [-0.25, -0.2) is 0 Å². The lowest BCUT2D eigenvalue weighted by Gasteiger charge is -2.18. The summed E-state index contributed by atoms with van der Waals surface area (Å²) in [6.07, 6.45) is 56.4. The Balaban J connectivity index is 4.40. The van der Waals surface area contributed by atoms with Crippen LogP contribution in [0.25, 0.3) is 0 Å². The number of carbonyl (C=O) groups excluding carboxylic acids is 3. The van der Waals surface area contributed by atoms with Crippen LogP contribution in [0.15, 0.2) is 60.8 Å². The molecule has 0 saturated carbocycles. The summed E-state index contributed by atoms with van der Waals surface area (Å²) in [6.45, 7) is 6.45. The summed E-state index contributed by atoms with van der Waals surface area (Å²) in [7, 11) is 0. The number of carbonyl (C=O) groups is 3. The minimum Gasteiger partial charge on any atom is -0.462 e. The summed E-state index contributed by atoms with van der Waals surface area (Å²) in [5.41, 5.74) is 0. The van der Waals surface area contributed by atoms with E-state index in [1.807, 2.05) is 0 Å². The van der Waals surface area contributed by atoms with Crippen molar-refractivity contribution in [2.75, 3.05) is 13.2 Å². The molecule has 0 spiro atoms. The Bertz CT molecular complexity index is 1070. The fourth-order valence-electron chi connectivity index (χ4n) is 6.65. The zero-order chi connectivity index (χ0) is 42.3. The molecule has 0 radical (unpaired) electrons. The van der Waals surface area contributed by atoms with Gasteiger partial charge < -0.3 is 14.2 Å². The number of ether oxygens (including phenoxy) is 3. The lowest BCUT2D eigenvalue weighted by atomic mass is 10.0.